The molecule has 0 aromatic rings. The van der Waals surface area contributed by atoms with Crippen molar-refractivity contribution in [3.8, 4) is 0 Å². The van der Waals surface area contributed by atoms with Gasteiger partial charge in [0.2, 0.25) is 0 Å². The van der Waals surface area contributed by atoms with Gasteiger partial charge in [0.1, 0.15) is 0 Å². The molecule has 0 N–H and O–H groups in total. The molecule has 0 aliphatic rings. The first-order valence-corrected chi connectivity index (χ1v) is 8.50. The van der Waals surface area contributed by atoms with Crippen LogP contribution in [0.2, 0.25) is 6.04 Å². The van der Waals surface area contributed by atoms with E-state index in [4.69, 9.17) is 13.3 Å². The van der Waals surface area contributed by atoms with Crippen molar-refractivity contribution < 1.29 is 13.3 Å². The molecule has 0 bridgehead atoms. The van der Waals surface area contributed by atoms with Crippen molar-refractivity contribution in [3.63, 3.8) is 0 Å². The van der Waals surface area contributed by atoms with Crippen molar-refractivity contribution in [2.75, 3.05) is 19.8 Å². The van der Waals surface area contributed by atoms with Crippen LogP contribution in [0.3, 0.4) is 0 Å². The van der Waals surface area contributed by atoms with Gasteiger partial charge in [-0.2, -0.15) is 0 Å². The highest BCUT2D eigenvalue weighted by Gasteiger charge is 2.39. The maximum absolute atomic E-state index is 5.73. The first kappa shape index (κ1) is 15.6. The summed E-state index contributed by atoms with van der Waals surface area (Å²) < 4.78 is 17.2. The van der Waals surface area contributed by atoms with Crippen LogP contribution in [0.4, 0.5) is 0 Å². The van der Waals surface area contributed by atoms with E-state index in [1.165, 1.54) is 0 Å². The molecule has 0 aromatic heterocycles. The fourth-order valence-corrected chi connectivity index (χ4v) is 4.82. The topological polar surface area (TPSA) is 27.7 Å². The summed E-state index contributed by atoms with van der Waals surface area (Å²) in [6, 6.07) is 0.884. The monoisotopic (exact) mass is 298 g/mol. The summed E-state index contributed by atoms with van der Waals surface area (Å²) in [4.78, 5) is 0.478. The molecule has 0 amide bonds. The molecule has 1 atom stereocenters. The van der Waals surface area contributed by atoms with Crippen molar-refractivity contribution in [2.24, 2.45) is 0 Å². The third kappa shape index (κ3) is 6.68. The summed E-state index contributed by atoms with van der Waals surface area (Å²) in [5.41, 5.74) is 0. The van der Waals surface area contributed by atoms with E-state index in [0.29, 0.717) is 24.6 Å². The summed E-state index contributed by atoms with van der Waals surface area (Å²) in [6.45, 7) is 10.0. The Labute approximate surface area is 103 Å². The molecular weight excluding hydrogens is 276 g/mol. The van der Waals surface area contributed by atoms with Gasteiger partial charge in [0.25, 0.3) is 0 Å². The maximum Gasteiger partial charge on any atom is 0.500 e. The van der Waals surface area contributed by atoms with E-state index in [2.05, 4.69) is 22.9 Å². The molecular formula is C10H23BrO3Si. The van der Waals surface area contributed by atoms with Crippen LogP contribution >= 0.6 is 15.9 Å². The van der Waals surface area contributed by atoms with E-state index in [1.807, 2.05) is 20.8 Å². The standard InChI is InChI=1S/C10H23BrO3Si/c1-5-12-15(13-6-2,14-7-3)9-8-10(4)11/h10H,5-9H2,1-4H3. The minimum atomic E-state index is -2.39. The van der Waals surface area contributed by atoms with Crippen LogP contribution in [-0.2, 0) is 13.3 Å². The van der Waals surface area contributed by atoms with Crippen molar-refractivity contribution in [1.29, 1.82) is 0 Å². The molecule has 0 aliphatic heterocycles. The van der Waals surface area contributed by atoms with E-state index >= 15 is 0 Å². The van der Waals surface area contributed by atoms with Gasteiger partial charge in [0, 0.05) is 30.7 Å². The average Bonchev–Trinajstić information content (AvgIpc) is 2.16. The smallest absolute Gasteiger partial charge is 0.374 e. The Morgan fingerprint density at radius 1 is 1.00 bits per heavy atom. The number of halogens is 1. The van der Waals surface area contributed by atoms with Gasteiger partial charge in [-0.05, 0) is 27.2 Å². The Hall–Kier alpha value is 0.577. The summed E-state index contributed by atoms with van der Waals surface area (Å²) in [7, 11) is -2.39. The highest BCUT2D eigenvalue weighted by Crippen LogP contribution is 2.21. The largest absolute Gasteiger partial charge is 0.500 e. The van der Waals surface area contributed by atoms with Crippen LogP contribution in [0.1, 0.15) is 34.1 Å². The van der Waals surface area contributed by atoms with Gasteiger partial charge in [-0.25, -0.2) is 0 Å². The van der Waals surface area contributed by atoms with Crippen LogP contribution in [-0.4, -0.2) is 33.5 Å². The highest BCUT2D eigenvalue weighted by atomic mass is 79.9. The van der Waals surface area contributed by atoms with Crippen LogP contribution in [0.15, 0.2) is 0 Å². The van der Waals surface area contributed by atoms with Gasteiger partial charge >= 0.3 is 8.80 Å². The Morgan fingerprint density at radius 3 is 1.67 bits per heavy atom. The van der Waals surface area contributed by atoms with Crippen molar-refractivity contribution in [3.05, 3.63) is 0 Å². The first-order chi connectivity index (χ1) is 7.10. The van der Waals surface area contributed by atoms with Gasteiger partial charge in [0.05, 0.1) is 0 Å². The fraction of sp³-hybridized carbons (Fsp3) is 1.00. The molecule has 0 radical (unpaired) electrons. The van der Waals surface area contributed by atoms with Crippen molar-refractivity contribution in [1.82, 2.24) is 0 Å². The summed E-state index contributed by atoms with van der Waals surface area (Å²) in [6.07, 6.45) is 1.02. The Balaban J connectivity index is 4.31. The molecule has 15 heavy (non-hydrogen) atoms. The molecule has 1 unspecified atom stereocenters. The Morgan fingerprint density at radius 2 is 1.40 bits per heavy atom. The molecule has 0 saturated carbocycles. The molecule has 5 heteroatoms. The number of hydrogen-bond acceptors (Lipinski definition) is 3. The van der Waals surface area contributed by atoms with E-state index in [-0.39, 0.29) is 0 Å². The van der Waals surface area contributed by atoms with E-state index in [1.54, 1.807) is 0 Å². The van der Waals surface area contributed by atoms with Gasteiger partial charge in [-0.1, -0.05) is 22.9 Å². The summed E-state index contributed by atoms with van der Waals surface area (Å²) in [5.74, 6) is 0. The molecule has 0 spiro atoms. The third-order valence-corrected chi connectivity index (χ3v) is 5.49. The molecule has 0 heterocycles. The summed E-state index contributed by atoms with van der Waals surface area (Å²) >= 11 is 3.54. The predicted molar refractivity (Wildman–Crippen MR) is 68.4 cm³/mol. The number of alkyl halides is 1. The fourth-order valence-electron chi connectivity index (χ4n) is 1.38. The minimum Gasteiger partial charge on any atom is -0.374 e. The zero-order valence-corrected chi connectivity index (χ0v) is 12.8. The Bertz CT molecular complexity index is 139. The number of hydrogen-bond donors (Lipinski definition) is 0. The molecule has 0 aromatic carbocycles. The van der Waals surface area contributed by atoms with Crippen LogP contribution in [0.25, 0.3) is 0 Å². The summed E-state index contributed by atoms with van der Waals surface area (Å²) in [5, 5.41) is 0. The van der Waals surface area contributed by atoms with Gasteiger partial charge in [0.15, 0.2) is 0 Å². The van der Waals surface area contributed by atoms with Gasteiger partial charge in [-0.15, -0.1) is 0 Å². The highest BCUT2D eigenvalue weighted by molar-refractivity contribution is 9.09. The average molecular weight is 299 g/mol. The zero-order chi connectivity index (χ0) is 11.7. The maximum atomic E-state index is 5.73. The van der Waals surface area contributed by atoms with Crippen LogP contribution in [0.5, 0.6) is 0 Å². The first-order valence-electron chi connectivity index (χ1n) is 5.66. The van der Waals surface area contributed by atoms with E-state index in [0.717, 1.165) is 12.5 Å². The zero-order valence-electron chi connectivity index (χ0n) is 10.2. The van der Waals surface area contributed by atoms with E-state index in [9.17, 15) is 0 Å². The predicted octanol–water partition coefficient (Wildman–Crippen LogP) is 3.21. The van der Waals surface area contributed by atoms with Crippen LogP contribution < -0.4 is 0 Å². The molecule has 0 rings (SSSR count). The molecule has 0 saturated heterocycles. The second-order valence-corrected chi connectivity index (χ2v) is 7.60. The van der Waals surface area contributed by atoms with Crippen molar-refractivity contribution >= 4 is 24.7 Å². The SMILES string of the molecule is CCO[Si](CCC(C)Br)(OCC)OCC. The van der Waals surface area contributed by atoms with Gasteiger partial charge < -0.3 is 13.3 Å². The molecule has 92 valence electrons. The lowest BCUT2D eigenvalue weighted by Gasteiger charge is -2.28. The lowest BCUT2D eigenvalue weighted by atomic mass is 10.4. The lowest BCUT2D eigenvalue weighted by molar-refractivity contribution is 0.0709. The second-order valence-electron chi connectivity index (χ2n) is 3.30. The molecule has 0 aliphatic carbocycles. The van der Waals surface area contributed by atoms with Gasteiger partial charge in [-0.3, -0.25) is 0 Å². The quantitative estimate of drug-likeness (QED) is 0.483. The molecule has 0 fully saturated rings. The van der Waals surface area contributed by atoms with Crippen molar-refractivity contribution in [2.45, 2.75) is 45.0 Å². The third-order valence-electron chi connectivity index (χ3n) is 1.94. The second kappa shape index (κ2) is 8.70. The normalized spacial score (nSPS) is 14.2. The van der Waals surface area contributed by atoms with E-state index < -0.39 is 8.80 Å². The number of rotatable bonds is 9. The molecule has 3 nitrogen and oxygen atoms in total. The van der Waals surface area contributed by atoms with Crippen LogP contribution in [0, 0.1) is 0 Å². The lowest BCUT2D eigenvalue weighted by Crippen LogP contribution is -2.46. The Kier molecular flexibility index (Phi) is 9.03. The minimum absolute atomic E-state index is 0.478.